The monoisotopic (exact) mass is 505 g/mol. The molecule has 3 atom stereocenters. The minimum absolute atomic E-state index is 0. The molecule has 10 heteroatoms. The number of hydrogen-bond acceptors (Lipinski definition) is 8. The Morgan fingerprint density at radius 3 is 2.33 bits per heavy atom. The Morgan fingerprint density at radius 1 is 0.889 bits per heavy atom. The number of aromatic nitrogens is 3. The molecule has 1 amide bonds. The maximum absolute atomic E-state index is 12.8. The largest absolute Gasteiger partial charge is 0.506 e. The fraction of sp³-hybridized carbons (Fsp3) is 0.231. The smallest absolute Gasteiger partial charge is 0.259 e. The fourth-order valence-electron chi connectivity index (χ4n) is 4.59. The number of phenols is 1. The van der Waals surface area contributed by atoms with Crippen molar-refractivity contribution in [3.8, 4) is 5.75 Å². The van der Waals surface area contributed by atoms with Crippen LogP contribution in [0.3, 0.4) is 0 Å². The number of carbonyl (C=O) groups excluding carboxylic acids is 1. The summed E-state index contributed by atoms with van der Waals surface area (Å²) in [6, 6.07) is 18.1. The van der Waals surface area contributed by atoms with Gasteiger partial charge < -0.3 is 27.2 Å². The predicted octanol–water partition coefficient (Wildman–Crippen LogP) is 4.07. The third kappa shape index (κ3) is 5.54. The zero-order valence-electron chi connectivity index (χ0n) is 19.5. The van der Waals surface area contributed by atoms with E-state index in [1.807, 2.05) is 36.4 Å². The van der Waals surface area contributed by atoms with Crippen molar-refractivity contribution in [2.45, 2.75) is 37.3 Å². The van der Waals surface area contributed by atoms with E-state index in [-0.39, 0.29) is 47.6 Å². The van der Waals surface area contributed by atoms with Gasteiger partial charge in [-0.2, -0.15) is 4.98 Å². The number of halogens is 1. The van der Waals surface area contributed by atoms with Gasteiger partial charge in [-0.25, -0.2) is 9.97 Å². The number of nitrogens with two attached hydrogens (primary N) is 2. The molecule has 1 fully saturated rings. The molecule has 0 aliphatic heterocycles. The van der Waals surface area contributed by atoms with Gasteiger partial charge in [-0.15, -0.1) is 12.4 Å². The van der Waals surface area contributed by atoms with Crippen molar-refractivity contribution in [1.29, 1.82) is 0 Å². The van der Waals surface area contributed by atoms with E-state index in [2.05, 4.69) is 25.6 Å². The van der Waals surface area contributed by atoms with Gasteiger partial charge in [0.2, 0.25) is 5.95 Å². The van der Waals surface area contributed by atoms with Gasteiger partial charge in [0.1, 0.15) is 17.9 Å². The number of phenolic OH excluding ortho intramolecular Hbond substituents is 1. The van der Waals surface area contributed by atoms with Crippen molar-refractivity contribution in [2.24, 2.45) is 11.5 Å². The maximum Gasteiger partial charge on any atom is 0.259 e. The molecule has 1 unspecified atom stereocenters. The number of fused-ring (bicyclic) bond motifs is 1. The highest BCUT2D eigenvalue weighted by atomic mass is 35.5. The van der Waals surface area contributed by atoms with Crippen LogP contribution >= 0.6 is 12.4 Å². The number of nitrogens with zero attached hydrogens (tertiary/aromatic N) is 3. The Balaban J connectivity index is 0.00000304. The van der Waals surface area contributed by atoms with E-state index in [0.29, 0.717) is 22.8 Å². The van der Waals surface area contributed by atoms with E-state index in [1.165, 1.54) is 6.33 Å². The third-order valence-electron chi connectivity index (χ3n) is 6.28. The van der Waals surface area contributed by atoms with Gasteiger partial charge in [-0.1, -0.05) is 30.3 Å². The van der Waals surface area contributed by atoms with E-state index < -0.39 is 0 Å². The summed E-state index contributed by atoms with van der Waals surface area (Å²) in [6.07, 6.45) is 3.91. The second-order valence-electron chi connectivity index (χ2n) is 8.93. The second kappa shape index (κ2) is 10.9. The van der Waals surface area contributed by atoms with Crippen LogP contribution in [0.5, 0.6) is 5.75 Å². The molecule has 36 heavy (non-hydrogen) atoms. The van der Waals surface area contributed by atoms with Gasteiger partial charge in [0.25, 0.3) is 5.91 Å². The van der Waals surface area contributed by atoms with Gasteiger partial charge in [-0.05, 0) is 55.0 Å². The molecule has 1 saturated carbocycles. The fourth-order valence-corrected chi connectivity index (χ4v) is 4.59. The Bertz CT molecular complexity index is 1360. The van der Waals surface area contributed by atoms with E-state index >= 15 is 0 Å². The van der Waals surface area contributed by atoms with Crippen molar-refractivity contribution in [3.05, 3.63) is 78.4 Å². The number of carbonyl (C=O) groups is 1. The first kappa shape index (κ1) is 25.3. The summed E-state index contributed by atoms with van der Waals surface area (Å²) in [6.45, 7) is 0. The quantitative estimate of drug-likeness (QED) is 0.272. The predicted molar refractivity (Wildman–Crippen MR) is 143 cm³/mol. The summed E-state index contributed by atoms with van der Waals surface area (Å²) in [5.74, 6) is 0.804. The molecule has 0 radical (unpaired) electrons. The Morgan fingerprint density at radius 2 is 1.58 bits per heavy atom. The summed E-state index contributed by atoms with van der Waals surface area (Å²) in [5, 5.41) is 18.0. The van der Waals surface area contributed by atoms with Crippen LogP contribution < -0.4 is 22.1 Å². The Hall–Kier alpha value is -3.79. The van der Waals surface area contributed by atoms with Crippen LogP contribution in [0.4, 0.5) is 17.3 Å². The summed E-state index contributed by atoms with van der Waals surface area (Å²) < 4.78 is 0. The molecule has 1 aliphatic rings. The number of anilines is 3. The number of nitrogens with one attached hydrogen (secondary N) is 2. The SMILES string of the molecule is Cl.N[C@@H]1CC(c2ncnc(Nc3ccc(NC(=O)c4ccc5ccccc5c4O)cc3)n2)C[C@H](N)C1. The standard InChI is InChI=1S/C26H27N7O2.ClH/c27-17-11-16(12-18(28)13-17)24-29-14-30-26(33-24)32-20-8-6-19(7-9-20)31-25(35)22-10-5-15-3-1-2-4-21(15)23(22)34;/h1-10,14,16-18,34H,11-13,27-28H2,(H,31,35)(H,29,30,32,33);1H/t16?,17-,18+;. The molecule has 186 valence electrons. The molecule has 9 nitrogen and oxygen atoms in total. The van der Waals surface area contributed by atoms with E-state index in [1.54, 1.807) is 24.3 Å². The van der Waals surface area contributed by atoms with Crippen LogP contribution in [0.1, 0.15) is 41.4 Å². The number of rotatable bonds is 5. The Labute approximate surface area is 214 Å². The molecule has 0 bridgehead atoms. The number of aromatic hydroxyl groups is 1. The molecule has 1 heterocycles. The van der Waals surface area contributed by atoms with Gasteiger partial charge in [-0.3, -0.25) is 4.79 Å². The second-order valence-corrected chi connectivity index (χ2v) is 8.93. The van der Waals surface area contributed by atoms with Crippen LogP contribution in [0, 0.1) is 0 Å². The van der Waals surface area contributed by atoms with Gasteiger partial charge in [0.15, 0.2) is 0 Å². The molecule has 0 spiro atoms. The summed E-state index contributed by atoms with van der Waals surface area (Å²) >= 11 is 0. The first-order chi connectivity index (χ1) is 17.0. The minimum atomic E-state index is -0.389. The number of benzene rings is 3. The molecule has 0 saturated heterocycles. The van der Waals surface area contributed by atoms with Crippen LogP contribution in [0.2, 0.25) is 0 Å². The lowest BCUT2D eigenvalue weighted by Crippen LogP contribution is -2.39. The van der Waals surface area contributed by atoms with Crippen molar-refractivity contribution < 1.29 is 9.90 Å². The number of amides is 1. The normalized spacial score (nSPS) is 19.3. The van der Waals surface area contributed by atoms with Crippen LogP contribution in [-0.2, 0) is 0 Å². The van der Waals surface area contributed by atoms with E-state index in [4.69, 9.17) is 11.5 Å². The number of hydrogen-bond donors (Lipinski definition) is 5. The molecule has 3 aromatic carbocycles. The van der Waals surface area contributed by atoms with Crippen LogP contribution in [0.25, 0.3) is 10.8 Å². The molecular formula is C26H28ClN7O2. The molecule has 1 aromatic heterocycles. The van der Waals surface area contributed by atoms with Crippen molar-refractivity contribution in [2.75, 3.05) is 10.6 Å². The van der Waals surface area contributed by atoms with Crippen molar-refractivity contribution >= 4 is 46.4 Å². The molecular weight excluding hydrogens is 478 g/mol. The lowest BCUT2D eigenvalue weighted by Gasteiger charge is -2.30. The lowest BCUT2D eigenvalue weighted by molar-refractivity contribution is 0.102. The highest BCUT2D eigenvalue weighted by Crippen LogP contribution is 2.31. The lowest BCUT2D eigenvalue weighted by atomic mass is 9.83. The van der Waals surface area contributed by atoms with E-state index in [9.17, 15) is 9.90 Å². The summed E-state index contributed by atoms with van der Waals surface area (Å²) in [7, 11) is 0. The van der Waals surface area contributed by atoms with Crippen LogP contribution in [0.15, 0.2) is 67.0 Å². The molecule has 4 aromatic rings. The average molecular weight is 506 g/mol. The van der Waals surface area contributed by atoms with Gasteiger partial charge in [0, 0.05) is 34.8 Å². The highest BCUT2D eigenvalue weighted by molar-refractivity contribution is 6.09. The minimum Gasteiger partial charge on any atom is -0.506 e. The van der Waals surface area contributed by atoms with Crippen molar-refractivity contribution in [3.63, 3.8) is 0 Å². The zero-order chi connectivity index (χ0) is 24.4. The average Bonchev–Trinajstić information content (AvgIpc) is 2.85. The van der Waals surface area contributed by atoms with Gasteiger partial charge in [0.05, 0.1) is 5.56 Å². The highest BCUT2D eigenvalue weighted by Gasteiger charge is 2.28. The van der Waals surface area contributed by atoms with Crippen LogP contribution in [-0.4, -0.2) is 38.0 Å². The molecule has 7 N–H and O–H groups in total. The Kier molecular flexibility index (Phi) is 7.64. The molecule has 5 rings (SSSR count). The first-order valence-electron chi connectivity index (χ1n) is 11.6. The first-order valence-corrected chi connectivity index (χ1v) is 11.6. The maximum atomic E-state index is 12.8. The van der Waals surface area contributed by atoms with Gasteiger partial charge >= 0.3 is 0 Å². The summed E-state index contributed by atoms with van der Waals surface area (Å²) in [5.41, 5.74) is 13.8. The molecule has 1 aliphatic carbocycles. The van der Waals surface area contributed by atoms with Crippen molar-refractivity contribution in [1.82, 2.24) is 15.0 Å². The third-order valence-corrected chi connectivity index (χ3v) is 6.28. The zero-order valence-corrected chi connectivity index (χ0v) is 20.3. The topological polar surface area (TPSA) is 152 Å². The summed E-state index contributed by atoms with van der Waals surface area (Å²) in [4.78, 5) is 25.9. The van der Waals surface area contributed by atoms with E-state index in [0.717, 1.165) is 30.3 Å².